The molecule has 100 valence electrons. The highest BCUT2D eigenvalue weighted by atomic mass is 15.2. The van der Waals surface area contributed by atoms with Gasteiger partial charge < -0.3 is 10.6 Å². The number of hydrogen-bond donors (Lipinski definition) is 1. The fraction of sp³-hybridized carbons (Fsp3) is 0.667. The number of rotatable bonds is 2. The molecule has 2 heterocycles. The first-order valence-electron chi connectivity index (χ1n) is 6.92. The van der Waals surface area contributed by atoms with Crippen LogP contribution in [-0.2, 0) is 6.54 Å². The van der Waals surface area contributed by atoms with Gasteiger partial charge in [-0.25, -0.2) is 4.98 Å². The molecule has 18 heavy (non-hydrogen) atoms. The minimum Gasteiger partial charge on any atom is -0.356 e. The zero-order valence-electron chi connectivity index (χ0n) is 11.9. The lowest BCUT2D eigenvalue weighted by atomic mass is 9.85. The first-order chi connectivity index (χ1) is 8.52. The van der Waals surface area contributed by atoms with Gasteiger partial charge >= 0.3 is 0 Å². The molecule has 0 unspecified atom stereocenters. The molecule has 0 bridgehead atoms. The number of nitrogens with two attached hydrogens (primary N) is 1. The van der Waals surface area contributed by atoms with Crippen molar-refractivity contribution in [2.24, 2.45) is 11.1 Å². The fourth-order valence-electron chi connectivity index (χ4n) is 2.70. The molecular weight excluding hydrogens is 222 g/mol. The zero-order chi connectivity index (χ0) is 13.2. The molecule has 2 rings (SSSR count). The predicted octanol–water partition coefficient (Wildman–Crippen LogP) is 2.87. The van der Waals surface area contributed by atoms with Crippen LogP contribution in [-0.4, -0.2) is 18.1 Å². The maximum absolute atomic E-state index is 5.65. The normalized spacial score (nSPS) is 19.7. The maximum atomic E-state index is 5.65. The molecule has 0 atom stereocenters. The standard InChI is InChI=1S/C15H25N3/c1-12-9-13(10-16)11-17-14(12)18-7-4-5-15(2,3)6-8-18/h9,11H,4-8,10,16H2,1-3H3. The van der Waals surface area contributed by atoms with Crippen LogP contribution in [0.1, 0.15) is 44.2 Å². The molecule has 3 heteroatoms. The largest absolute Gasteiger partial charge is 0.356 e. The summed E-state index contributed by atoms with van der Waals surface area (Å²) in [5.41, 5.74) is 8.49. The highest BCUT2D eigenvalue weighted by molar-refractivity contribution is 5.47. The van der Waals surface area contributed by atoms with Crippen LogP contribution in [0.4, 0.5) is 5.82 Å². The summed E-state index contributed by atoms with van der Waals surface area (Å²) < 4.78 is 0. The molecule has 1 aliphatic heterocycles. The van der Waals surface area contributed by atoms with Crippen molar-refractivity contribution in [1.29, 1.82) is 0 Å². The Bertz CT molecular complexity index is 412. The van der Waals surface area contributed by atoms with E-state index in [-0.39, 0.29) is 0 Å². The minimum absolute atomic E-state index is 0.472. The van der Waals surface area contributed by atoms with Crippen LogP contribution in [0.15, 0.2) is 12.3 Å². The number of aryl methyl sites for hydroxylation is 1. The lowest BCUT2D eigenvalue weighted by Crippen LogP contribution is -2.26. The molecular formula is C15H25N3. The summed E-state index contributed by atoms with van der Waals surface area (Å²) in [6.07, 6.45) is 5.72. The molecule has 0 aromatic carbocycles. The van der Waals surface area contributed by atoms with Crippen LogP contribution in [0.25, 0.3) is 0 Å². The SMILES string of the molecule is Cc1cc(CN)cnc1N1CCCC(C)(C)CC1. The van der Waals surface area contributed by atoms with Crippen LogP contribution in [0.2, 0.25) is 0 Å². The Kier molecular flexibility index (Phi) is 3.91. The fourth-order valence-corrected chi connectivity index (χ4v) is 2.70. The predicted molar refractivity (Wildman–Crippen MR) is 76.7 cm³/mol. The van der Waals surface area contributed by atoms with Gasteiger partial charge in [0.25, 0.3) is 0 Å². The van der Waals surface area contributed by atoms with E-state index in [1.165, 1.54) is 24.8 Å². The zero-order valence-corrected chi connectivity index (χ0v) is 11.9. The minimum atomic E-state index is 0.472. The summed E-state index contributed by atoms with van der Waals surface area (Å²) in [4.78, 5) is 7.04. The molecule has 0 saturated carbocycles. The molecule has 1 saturated heterocycles. The van der Waals surface area contributed by atoms with Crippen molar-refractivity contribution in [2.75, 3.05) is 18.0 Å². The average Bonchev–Trinajstić information content (AvgIpc) is 2.50. The van der Waals surface area contributed by atoms with Gasteiger partial charge in [-0.05, 0) is 48.8 Å². The molecule has 0 amide bonds. The Labute approximate surface area is 110 Å². The molecule has 0 aliphatic carbocycles. The van der Waals surface area contributed by atoms with E-state index in [1.807, 2.05) is 6.20 Å². The van der Waals surface area contributed by atoms with E-state index in [0.29, 0.717) is 12.0 Å². The molecule has 1 aromatic rings. The quantitative estimate of drug-likeness (QED) is 0.873. The molecule has 0 spiro atoms. The van der Waals surface area contributed by atoms with Gasteiger partial charge in [-0.1, -0.05) is 13.8 Å². The van der Waals surface area contributed by atoms with Crippen LogP contribution < -0.4 is 10.6 Å². The van der Waals surface area contributed by atoms with Gasteiger partial charge in [0.1, 0.15) is 5.82 Å². The van der Waals surface area contributed by atoms with Crippen LogP contribution >= 0.6 is 0 Å². The molecule has 3 nitrogen and oxygen atoms in total. The third-order valence-corrected chi connectivity index (χ3v) is 3.98. The van der Waals surface area contributed by atoms with Crippen molar-refractivity contribution < 1.29 is 0 Å². The molecule has 0 radical (unpaired) electrons. The van der Waals surface area contributed by atoms with Gasteiger partial charge in [0.05, 0.1) is 0 Å². The van der Waals surface area contributed by atoms with Crippen molar-refractivity contribution in [3.63, 3.8) is 0 Å². The lowest BCUT2D eigenvalue weighted by Gasteiger charge is -2.25. The molecule has 1 aliphatic rings. The van der Waals surface area contributed by atoms with E-state index in [9.17, 15) is 0 Å². The molecule has 2 N–H and O–H groups in total. The van der Waals surface area contributed by atoms with Crippen molar-refractivity contribution >= 4 is 5.82 Å². The number of nitrogens with zero attached hydrogens (tertiary/aromatic N) is 2. The van der Waals surface area contributed by atoms with Crippen LogP contribution in [0.5, 0.6) is 0 Å². The Morgan fingerprint density at radius 2 is 2.11 bits per heavy atom. The Hall–Kier alpha value is -1.09. The maximum Gasteiger partial charge on any atom is 0.131 e. The van der Waals surface area contributed by atoms with E-state index in [2.05, 4.69) is 36.7 Å². The van der Waals surface area contributed by atoms with Crippen molar-refractivity contribution in [3.05, 3.63) is 23.4 Å². The van der Waals surface area contributed by atoms with Gasteiger partial charge in [0, 0.05) is 25.8 Å². The van der Waals surface area contributed by atoms with Gasteiger partial charge in [-0.2, -0.15) is 0 Å². The van der Waals surface area contributed by atoms with Crippen molar-refractivity contribution in [1.82, 2.24) is 4.98 Å². The second-order valence-corrected chi connectivity index (χ2v) is 6.19. The number of hydrogen-bond acceptors (Lipinski definition) is 3. The highest BCUT2D eigenvalue weighted by Gasteiger charge is 2.24. The summed E-state index contributed by atoms with van der Waals surface area (Å²) in [5, 5.41) is 0. The summed E-state index contributed by atoms with van der Waals surface area (Å²) in [6.45, 7) is 9.68. The van der Waals surface area contributed by atoms with Gasteiger partial charge in [0.2, 0.25) is 0 Å². The monoisotopic (exact) mass is 247 g/mol. The van der Waals surface area contributed by atoms with Crippen molar-refractivity contribution in [2.45, 2.75) is 46.6 Å². The summed E-state index contributed by atoms with van der Waals surface area (Å²) in [7, 11) is 0. The first-order valence-corrected chi connectivity index (χ1v) is 6.92. The average molecular weight is 247 g/mol. The lowest BCUT2D eigenvalue weighted by molar-refractivity contribution is 0.325. The summed E-state index contributed by atoms with van der Waals surface area (Å²) in [5.74, 6) is 1.14. The third-order valence-electron chi connectivity index (χ3n) is 3.98. The van der Waals surface area contributed by atoms with Gasteiger partial charge in [0.15, 0.2) is 0 Å². The molecule has 1 fully saturated rings. The summed E-state index contributed by atoms with van der Waals surface area (Å²) >= 11 is 0. The Morgan fingerprint density at radius 3 is 2.78 bits per heavy atom. The second kappa shape index (κ2) is 5.27. The van der Waals surface area contributed by atoms with E-state index in [0.717, 1.165) is 24.5 Å². The molecule has 1 aromatic heterocycles. The number of anilines is 1. The number of aromatic nitrogens is 1. The topological polar surface area (TPSA) is 42.1 Å². The van der Waals surface area contributed by atoms with Crippen LogP contribution in [0.3, 0.4) is 0 Å². The Balaban J connectivity index is 2.16. The summed E-state index contributed by atoms with van der Waals surface area (Å²) in [6, 6.07) is 2.17. The Morgan fingerprint density at radius 1 is 1.33 bits per heavy atom. The van der Waals surface area contributed by atoms with E-state index in [4.69, 9.17) is 5.73 Å². The smallest absolute Gasteiger partial charge is 0.131 e. The van der Waals surface area contributed by atoms with Crippen molar-refractivity contribution in [3.8, 4) is 0 Å². The second-order valence-electron chi connectivity index (χ2n) is 6.19. The van der Waals surface area contributed by atoms with Gasteiger partial charge in [-0.3, -0.25) is 0 Å². The highest BCUT2D eigenvalue weighted by Crippen LogP contribution is 2.31. The van der Waals surface area contributed by atoms with E-state index >= 15 is 0 Å². The third kappa shape index (κ3) is 3.02. The van der Waals surface area contributed by atoms with E-state index < -0.39 is 0 Å². The van der Waals surface area contributed by atoms with E-state index in [1.54, 1.807) is 0 Å². The number of pyridine rings is 1. The first kappa shape index (κ1) is 13.3. The van der Waals surface area contributed by atoms with Gasteiger partial charge in [-0.15, -0.1) is 0 Å². The van der Waals surface area contributed by atoms with Crippen LogP contribution in [0, 0.1) is 12.3 Å².